The number of alkyl halides is 1. The molecule has 1 aromatic heterocycles. The predicted molar refractivity (Wildman–Crippen MR) is 62.4 cm³/mol. The van der Waals surface area contributed by atoms with Gasteiger partial charge in [0.2, 0.25) is 0 Å². The lowest BCUT2D eigenvalue weighted by Gasteiger charge is -2.12. The first kappa shape index (κ1) is 11.2. The third kappa shape index (κ3) is 2.11. The number of hydrogen-bond donors (Lipinski definition) is 0. The van der Waals surface area contributed by atoms with Gasteiger partial charge in [0, 0.05) is 11.1 Å². The molecule has 2 nitrogen and oxygen atoms in total. The van der Waals surface area contributed by atoms with Crippen molar-refractivity contribution in [2.75, 3.05) is 7.11 Å². The molecule has 1 atom stereocenters. The van der Waals surface area contributed by atoms with Crippen molar-refractivity contribution in [1.82, 2.24) is 0 Å². The molecule has 0 saturated heterocycles. The van der Waals surface area contributed by atoms with Gasteiger partial charge in [0.25, 0.3) is 0 Å². The summed E-state index contributed by atoms with van der Waals surface area (Å²) in [4.78, 5) is -0.142. The van der Waals surface area contributed by atoms with Crippen LogP contribution in [0.5, 0.6) is 5.75 Å². The van der Waals surface area contributed by atoms with Gasteiger partial charge in [-0.2, -0.15) is 0 Å². The Balaban J connectivity index is 2.42. The Bertz CT molecular complexity index is 468. The number of methoxy groups -OCH3 is 1. The Morgan fingerprint density at radius 3 is 2.81 bits per heavy atom. The smallest absolute Gasteiger partial charge is 0.123 e. The van der Waals surface area contributed by atoms with Crippen LogP contribution < -0.4 is 4.74 Å². The average molecular weight is 285 g/mol. The number of ether oxygens (including phenoxy) is 1. The van der Waals surface area contributed by atoms with Crippen LogP contribution in [0.1, 0.15) is 16.0 Å². The second-order valence-electron chi connectivity index (χ2n) is 3.31. The van der Waals surface area contributed by atoms with Crippen molar-refractivity contribution in [2.45, 2.75) is 4.83 Å². The topological polar surface area (TPSA) is 22.4 Å². The van der Waals surface area contributed by atoms with Crippen LogP contribution in [-0.2, 0) is 0 Å². The van der Waals surface area contributed by atoms with E-state index in [1.807, 2.05) is 6.07 Å². The second kappa shape index (κ2) is 4.70. The molecule has 84 valence electrons. The van der Waals surface area contributed by atoms with Crippen molar-refractivity contribution in [1.29, 1.82) is 0 Å². The van der Waals surface area contributed by atoms with Crippen molar-refractivity contribution in [3.8, 4) is 5.75 Å². The van der Waals surface area contributed by atoms with Crippen molar-refractivity contribution in [3.63, 3.8) is 0 Å². The van der Waals surface area contributed by atoms with Gasteiger partial charge in [-0.3, -0.25) is 0 Å². The molecule has 4 heteroatoms. The summed E-state index contributed by atoms with van der Waals surface area (Å²) in [6.45, 7) is 0. The number of hydrogen-bond acceptors (Lipinski definition) is 2. The van der Waals surface area contributed by atoms with Crippen molar-refractivity contribution in [3.05, 3.63) is 53.7 Å². The third-order valence-corrected chi connectivity index (χ3v) is 3.32. The minimum Gasteiger partial charge on any atom is -0.496 e. The lowest BCUT2D eigenvalue weighted by molar-refractivity contribution is 0.409. The van der Waals surface area contributed by atoms with Gasteiger partial charge in [-0.1, -0.05) is 15.9 Å². The molecule has 0 spiro atoms. The van der Waals surface area contributed by atoms with Crippen molar-refractivity contribution in [2.24, 2.45) is 0 Å². The molecule has 0 N–H and O–H groups in total. The number of rotatable bonds is 3. The van der Waals surface area contributed by atoms with Crippen LogP contribution in [0.2, 0.25) is 0 Å². The molecule has 0 aliphatic rings. The maximum absolute atomic E-state index is 13.2. The Morgan fingerprint density at radius 1 is 1.38 bits per heavy atom. The SMILES string of the molecule is COc1ccc(F)cc1C(Br)c1ccoc1. The monoisotopic (exact) mass is 284 g/mol. The fourth-order valence-corrected chi connectivity index (χ4v) is 2.12. The van der Waals surface area contributed by atoms with Crippen molar-refractivity contribution >= 4 is 15.9 Å². The molecule has 0 amide bonds. The zero-order valence-corrected chi connectivity index (χ0v) is 10.2. The van der Waals surface area contributed by atoms with E-state index in [1.54, 1.807) is 25.7 Å². The molecule has 0 fully saturated rings. The molecule has 16 heavy (non-hydrogen) atoms. The van der Waals surface area contributed by atoms with Crippen LogP contribution in [0, 0.1) is 5.82 Å². The normalized spacial score (nSPS) is 12.4. The predicted octanol–water partition coefficient (Wildman–Crippen LogP) is 3.91. The molecular formula is C12H10BrFO2. The molecule has 0 aliphatic carbocycles. The number of halogens is 2. The maximum Gasteiger partial charge on any atom is 0.123 e. The Hall–Kier alpha value is -1.29. The van der Waals surface area contributed by atoms with E-state index in [9.17, 15) is 4.39 Å². The quantitative estimate of drug-likeness (QED) is 0.798. The van der Waals surface area contributed by atoms with Crippen LogP contribution in [0.3, 0.4) is 0 Å². The third-order valence-electron chi connectivity index (χ3n) is 2.30. The number of benzene rings is 1. The Labute approximate surface area is 101 Å². The zero-order chi connectivity index (χ0) is 11.5. The van der Waals surface area contributed by atoms with E-state index in [2.05, 4.69) is 15.9 Å². The molecule has 0 aliphatic heterocycles. The molecule has 1 unspecified atom stereocenters. The van der Waals surface area contributed by atoms with Gasteiger partial charge in [0.15, 0.2) is 0 Å². The fourth-order valence-electron chi connectivity index (χ4n) is 1.50. The van der Waals surface area contributed by atoms with E-state index in [0.29, 0.717) is 5.75 Å². The lowest BCUT2D eigenvalue weighted by Crippen LogP contribution is -1.96. The summed E-state index contributed by atoms with van der Waals surface area (Å²) in [5.41, 5.74) is 1.66. The van der Waals surface area contributed by atoms with E-state index in [1.165, 1.54) is 12.1 Å². The first-order valence-corrected chi connectivity index (χ1v) is 5.63. The van der Waals surface area contributed by atoms with Crippen LogP contribution in [0.4, 0.5) is 4.39 Å². The summed E-state index contributed by atoms with van der Waals surface area (Å²) >= 11 is 3.49. The van der Waals surface area contributed by atoms with Gasteiger partial charge in [0.1, 0.15) is 11.6 Å². The van der Waals surface area contributed by atoms with Crippen LogP contribution in [0.15, 0.2) is 41.2 Å². The summed E-state index contributed by atoms with van der Waals surface area (Å²) in [6.07, 6.45) is 3.19. The lowest BCUT2D eigenvalue weighted by atomic mass is 10.1. The summed E-state index contributed by atoms with van der Waals surface area (Å²) < 4.78 is 23.4. The van der Waals surface area contributed by atoms with Gasteiger partial charge in [-0.05, 0) is 24.3 Å². The fraction of sp³-hybridized carbons (Fsp3) is 0.167. The summed E-state index contributed by atoms with van der Waals surface area (Å²) in [5.74, 6) is 0.355. The largest absolute Gasteiger partial charge is 0.496 e. The van der Waals surface area contributed by atoms with Crippen LogP contribution in [-0.4, -0.2) is 7.11 Å². The van der Waals surface area contributed by atoms with Gasteiger partial charge in [-0.15, -0.1) is 0 Å². The molecule has 2 aromatic rings. The van der Waals surface area contributed by atoms with E-state index in [4.69, 9.17) is 9.15 Å². The highest BCUT2D eigenvalue weighted by Gasteiger charge is 2.16. The second-order valence-corrected chi connectivity index (χ2v) is 4.22. The number of furan rings is 1. The molecule has 2 rings (SSSR count). The van der Waals surface area contributed by atoms with Crippen molar-refractivity contribution < 1.29 is 13.5 Å². The minimum absolute atomic E-state index is 0.142. The first-order chi connectivity index (χ1) is 7.72. The highest BCUT2D eigenvalue weighted by molar-refractivity contribution is 9.09. The average Bonchev–Trinajstić information content (AvgIpc) is 2.81. The molecule has 0 bridgehead atoms. The van der Waals surface area contributed by atoms with Gasteiger partial charge in [-0.25, -0.2) is 4.39 Å². The molecular weight excluding hydrogens is 275 g/mol. The van der Waals surface area contributed by atoms with Gasteiger partial charge >= 0.3 is 0 Å². The first-order valence-electron chi connectivity index (χ1n) is 4.72. The molecule has 0 saturated carbocycles. The standard InChI is InChI=1S/C12H10BrFO2/c1-15-11-3-2-9(14)6-10(11)12(13)8-4-5-16-7-8/h2-7,12H,1H3. The van der Waals surface area contributed by atoms with Gasteiger partial charge in [0.05, 0.1) is 24.5 Å². The van der Waals surface area contributed by atoms with Crippen LogP contribution >= 0.6 is 15.9 Å². The maximum atomic E-state index is 13.2. The zero-order valence-electron chi connectivity index (χ0n) is 8.61. The Morgan fingerprint density at radius 2 is 2.19 bits per heavy atom. The van der Waals surface area contributed by atoms with Gasteiger partial charge < -0.3 is 9.15 Å². The van der Waals surface area contributed by atoms with E-state index in [-0.39, 0.29) is 10.6 Å². The molecule has 1 heterocycles. The van der Waals surface area contributed by atoms with E-state index in [0.717, 1.165) is 11.1 Å². The molecule has 0 radical (unpaired) electrons. The van der Waals surface area contributed by atoms with E-state index < -0.39 is 0 Å². The summed E-state index contributed by atoms with van der Waals surface area (Å²) in [5, 5.41) is 0. The van der Waals surface area contributed by atoms with E-state index >= 15 is 0 Å². The Kier molecular flexibility index (Phi) is 3.29. The molecule has 1 aromatic carbocycles. The minimum atomic E-state index is -0.288. The highest BCUT2D eigenvalue weighted by Crippen LogP contribution is 2.36. The highest BCUT2D eigenvalue weighted by atomic mass is 79.9. The summed E-state index contributed by atoms with van der Waals surface area (Å²) in [7, 11) is 1.56. The summed E-state index contributed by atoms with van der Waals surface area (Å²) in [6, 6.07) is 6.26. The van der Waals surface area contributed by atoms with Crippen LogP contribution in [0.25, 0.3) is 0 Å².